The van der Waals surface area contributed by atoms with Gasteiger partial charge in [-0.3, -0.25) is 0 Å². The molecule has 3 atom stereocenters. The lowest BCUT2D eigenvalue weighted by Crippen LogP contribution is -2.58. The van der Waals surface area contributed by atoms with Crippen molar-refractivity contribution in [1.29, 1.82) is 0 Å². The highest BCUT2D eigenvalue weighted by atomic mass is 16.6. The molecule has 0 spiro atoms. The fourth-order valence-electron chi connectivity index (χ4n) is 2.97. The summed E-state index contributed by atoms with van der Waals surface area (Å²) in [7, 11) is 0. The number of carbonyl (C=O) groups excluding carboxylic acids is 1. The van der Waals surface area contributed by atoms with Crippen LogP contribution in [0.2, 0.25) is 0 Å². The molecule has 2 aliphatic rings. The van der Waals surface area contributed by atoms with Crippen LogP contribution < -0.4 is 16.0 Å². The van der Waals surface area contributed by atoms with Crippen LogP contribution in [-0.2, 0) is 4.74 Å². The molecule has 2 fully saturated rings. The average molecular weight is 269 g/mol. The largest absolute Gasteiger partial charge is 0.444 e. The molecule has 0 aromatic carbocycles. The van der Waals surface area contributed by atoms with Gasteiger partial charge in [-0.2, -0.15) is 0 Å². The monoisotopic (exact) mass is 269 g/mol. The number of amides is 1. The van der Waals surface area contributed by atoms with Gasteiger partial charge in [0.25, 0.3) is 0 Å². The zero-order valence-electron chi connectivity index (χ0n) is 12.3. The molecular weight excluding hydrogens is 242 g/mol. The highest BCUT2D eigenvalue weighted by Gasteiger charge is 2.32. The van der Waals surface area contributed by atoms with Crippen LogP contribution in [0.5, 0.6) is 0 Å². The van der Waals surface area contributed by atoms with Gasteiger partial charge in [0.2, 0.25) is 0 Å². The van der Waals surface area contributed by atoms with E-state index in [1.54, 1.807) is 0 Å². The molecular formula is C14H27N3O2. The molecule has 1 aliphatic heterocycles. The number of carbonyl (C=O) groups is 1. The third kappa shape index (κ3) is 4.66. The van der Waals surface area contributed by atoms with Crippen LogP contribution in [-0.4, -0.2) is 43.4 Å². The molecule has 1 saturated carbocycles. The molecule has 5 heteroatoms. The smallest absolute Gasteiger partial charge is 0.407 e. The van der Waals surface area contributed by atoms with Crippen LogP contribution in [0.3, 0.4) is 0 Å². The van der Waals surface area contributed by atoms with E-state index in [1.165, 1.54) is 12.8 Å². The zero-order valence-corrected chi connectivity index (χ0v) is 12.3. The topological polar surface area (TPSA) is 62.4 Å². The number of fused-ring (bicyclic) bond motifs is 1. The molecule has 3 N–H and O–H groups in total. The van der Waals surface area contributed by atoms with E-state index in [1.807, 2.05) is 20.8 Å². The molecule has 19 heavy (non-hydrogen) atoms. The number of hydrogen-bond acceptors (Lipinski definition) is 4. The third-order valence-electron chi connectivity index (χ3n) is 3.83. The molecule has 110 valence electrons. The van der Waals surface area contributed by atoms with Crippen LogP contribution in [0.1, 0.15) is 40.0 Å². The number of rotatable bonds is 2. The number of nitrogens with one attached hydrogen (secondary N) is 3. The summed E-state index contributed by atoms with van der Waals surface area (Å²) in [6.45, 7) is 8.50. The highest BCUT2D eigenvalue weighted by molar-refractivity contribution is 5.67. The SMILES string of the molecule is CC(C)(C)OC(=O)NCC1CCC2NCCNC2C1. The van der Waals surface area contributed by atoms with Gasteiger partial charge in [-0.25, -0.2) is 4.79 Å². The predicted octanol–water partition coefficient (Wildman–Crippen LogP) is 1.24. The summed E-state index contributed by atoms with van der Waals surface area (Å²) >= 11 is 0. The lowest BCUT2D eigenvalue weighted by Gasteiger charge is -2.40. The highest BCUT2D eigenvalue weighted by Crippen LogP contribution is 2.25. The first-order valence-corrected chi connectivity index (χ1v) is 7.37. The van der Waals surface area contributed by atoms with Crippen molar-refractivity contribution in [1.82, 2.24) is 16.0 Å². The standard InChI is InChI=1S/C14H27N3O2/c1-14(2,3)19-13(18)17-9-10-4-5-11-12(8-10)16-7-6-15-11/h10-12,15-16H,4-9H2,1-3H3,(H,17,18). The summed E-state index contributed by atoms with van der Waals surface area (Å²) in [5.74, 6) is 0.557. The number of hydrogen-bond donors (Lipinski definition) is 3. The molecule has 0 aromatic heterocycles. The Kier molecular flexibility index (Phi) is 4.68. The first-order chi connectivity index (χ1) is 8.94. The number of piperazine rings is 1. The van der Waals surface area contributed by atoms with Gasteiger partial charge < -0.3 is 20.7 Å². The van der Waals surface area contributed by atoms with E-state index >= 15 is 0 Å². The first kappa shape index (κ1) is 14.6. The maximum atomic E-state index is 11.6. The van der Waals surface area contributed by atoms with E-state index in [2.05, 4.69) is 16.0 Å². The maximum absolute atomic E-state index is 11.6. The van der Waals surface area contributed by atoms with Crippen LogP contribution in [0.15, 0.2) is 0 Å². The molecule has 1 amide bonds. The van der Waals surface area contributed by atoms with Crippen molar-refractivity contribution >= 4 is 6.09 Å². The fraction of sp³-hybridized carbons (Fsp3) is 0.929. The van der Waals surface area contributed by atoms with Crippen molar-refractivity contribution < 1.29 is 9.53 Å². The van der Waals surface area contributed by atoms with Gasteiger partial charge in [-0.1, -0.05) is 0 Å². The molecule has 1 saturated heterocycles. The minimum absolute atomic E-state index is 0.302. The van der Waals surface area contributed by atoms with E-state index in [9.17, 15) is 4.79 Å². The van der Waals surface area contributed by atoms with E-state index in [0.717, 1.165) is 26.1 Å². The molecule has 0 radical (unpaired) electrons. The molecule has 1 heterocycles. The predicted molar refractivity (Wildman–Crippen MR) is 75.2 cm³/mol. The molecule has 2 rings (SSSR count). The summed E-state index contributed by atoms with van der Waals surface area (Å²) in [5.41, 5.74) is -0.420. The Labute approximate surface area is 115 Å². The van der Waals surface area contributed by atoms with Crippen LogP contribution in [0.4, 0.5) is 4.79 Å². The second-order valence-electron chi connectivity index (χ2n) is 6.68. The van der Waals surface area contributed by atoms with Crippen molar-refractivity contribution in [3.8, 4) is 0 Å². The second kappa shape index (κ2) is 6.09. The van der Waals surface area contributed by atoms with Crippen LogP contribution in [0, 0.1) is 5.92 Å². The average Bonchev–Trinajstić information content (AvgIpc) is 2.34. The van der Waals surface area contributed by atoms with E-state index in [-0.39, 0.29) is 6.09 Å². The van der Waals surface area contributed by atoms with Gasteiger partial charge in [-0.05, 0) is 46.0 Å². The normalized spacial score (nSPS) is 31.4. The minimum atomic E-state index is -0.420. The summed E-state index contributed by atoms with van der Waals surface area (Å²) in [6.07, 6.45) is 3.20. The minimum Gasteiger partial charge on any atom is -0.444 e. The second-order valence-corrected chi connectivity index (χ2v) is 6.68. The van der Waals surface area contributed by atoms with Crippen molar-refractivity contribution in [2.75, 3.05) is 19.6 Å². The first-order valence-electron chi connectivity index (χ1n) is 7.37. The molecule has 0 bridgehead atoms. The number of ether oxygens (including phenoxy) is 1. The molecule has 5 nitrogen and oxygen atoms in total. The third-order valence-corrected chi connectivity index (χ3v) is 3.83. The van der Waals surface area contributed by atoms with Gasteiger partial charge >= 0.3 is 6.09 Å². The summed E-state index contributed by atoms with van der Waals surface area (Å²) < 4.78 is 5.26. The molecule has 1 aliphatic carbocycles. The Morgan fingerprint density at radius 3 is 2.58 bits per heavy atom. The van der Waals surface area contributed by atoms with E-state index < -0.39 is 5.60 Å². The summed E-state index contributed by atoms with van der Waals surface area (Å²) in [5, 5.41) is 10.0. The lowest BCUT2D eigenvalue weighted by atomic mass is 9.81. The fourth-order valence-corrected chi connectivity index (χ4v) is 2.97. The Morgan fingerprint density at radius 2 is 1.89 bits per heavy atom. The maximum Gasteiger partial charge on any atom is 0.407 e. The lowest BCUT2D eigenvalue weighted by molar-refractivity contribution is 0.0510. The summed E-state index contributed by atoms with van der Waals surface area (Å²) in [6, 6.07) is 1.18. The Morgan fingerprint density at radius 1 is 1.21 bits per heavy atom. The molecule has 0 aromatic rings. The number of alkyl carbamates (subject to hydrolysis) is 1. The van der Waals surface area contributed by atoms with Crippen molar-refractivity contribution in [2.45, 2.75) is 57.7 Å². The Bertz CT molecular complexity index is 314. The van der Waals surface area contributed by atoms with Gasteiger partial charge in [0.1, 0.15) is 5.60 Å². The Hall–Kier alpha value is -0.810. The van der Waals surface area contributed by atoms with Gasteiger partial charge in [0.15, 0.2) is 0 Å². The van der Waals surface area contributed by atoms with Gasteiger partial charge in [-0.15, -0.1) is 0 Å². The van der Waals surface area contributed by atoms with Crippen LogP contribution >= 0.6 is 0 Å². The van der Waals surface area contributed by atoms with Gasteiger partial charge in [0, 0.05) is 31.7 Å². The van der Waals surface area contributed by atoms with E-state index in [4.69, 9.17) is 4.74 Å². The van der Waals surface area contributed by atoms with E-state index in [0.29, 0.717) is 18.0 Å². The van der Waals surface area contributed by atoms with Crippen molar-refractivity contribution in [2.24, 2.45) is 5.92 Å². The summed E-state index contributed by atoms with van der Waals surface area (Å²) in [4.78, 5) is 11.6. The quantitative estimate of drug-likeness (QED) is 0.706. The van der Waals surface area contributed by atoms with Crippen LogP contribution in [0.25, 0.3) is 0 Å². The van der Waals surface area contributed by atoms with Gasteiger partial charge in [0.05, 0.1) is 0 Å². The van der Waals surface area contributed by atoms with Crippen molar-refractivity contribution in [3.63, 3.8) is 0 Å². The molecule has 3 unspecified atom stereocenters. The zero-order chi connectivity index (χ0) is 13.9. The Balaban J connectivity index is 1.70. The van der Waals surface area contributed by atoms with Crippen molar-refractivity contribution in [3.05, 3.63) is 0 Å².